The molecule has 0 saturated heterocycles. The van der Waals surface area contributed by atoms with Crippen LogP contribution in [-0.4, -0.2) is 15.1 Å². The van der Waals surface area contributed by atoms with Gasteiger partial charge < -0.3 is 10.8 Å². The molecule has 0 aliphatic rings. The zero-order valence-corrected chi connectivity index (χ0v) is 7.54. The predicted molar refractivity (Wildman–Crippen MR) is 54.6 cm³/mol. The fourth-order valence-corrected chi connectivity index (χ4v) is 0.722. The van der Waals surface area contributed by atoms with E-state index in [2.05, 4.69) is 9.97 Å². The first-order valence-corrected chi connectivity index (χ1v) is 4.05. The summed E-state index contributed by atoms with van der Waals surface area (Å²) < 4.78 is 0. The van der Waals surface area contributed by atoms with Crippen molar-refractivity contribution in [1.29, 1.82) is 0 Å². The maximum Gasteiger partial charge on any atom is 0.165 e. The molecule has 0 bridgehead atoms. The average molecular weight is 189 g/mol. The summed E-state index contributed by atoms with van der Waals surface area (Å²) in [7, 11) is 0. The molecule has 72 valence electrons. The topological polar surface area (TPSA) is 72.0 Å². The third-order valence-corrected chi connectivity index (χ3v) is 1.38. The molecule has 0 radical (unpaired) electrons. The summed E-state index contributed by atoms with van der Waals surface area (Å²) in [5, 5.41) is 8.73. The molecule has 0 unspecified atom stereocenters. The van der Waals surface area contributed by atoms with Crippen LogP contribution in [0.25, 0.3) is 0 Å². The molecule has 0 atom stereocenters. The number of nitrogens with two attached hydrogens (primary N) is 1. The Morgan fingerprint density at radius 2 is 1.71 bits per heavy atom. The molecule has 0 amide bonds. The van der Waals surface area contributed by atoms with Gasteiger partial charge in [-0.3, -0.25) is 4.98 Å². The SMILES string of the molecule is Nc1ncccc1O.c1ccncc1. The van der Waals surface area contributed by atoms with Crippen LogP contribution in [0.1, 0.15) is 0 Å². The summed E-state index contributed by atoms with van der Waals surface area (Å²) in [6, 6.07) is 8.82. The molecule has 0 spiro atoms. The molecule has 4 heteroatoms. The van der Waals surface area contributed by atoms with Gasteiger partial charge in [0.1, 0.15) is 0 Å². The monoisotopic (exact) mass is 189 g/mol. The predicted octanol–water partition coefficient (Wildman–Crippen LogP) is 1.45. The largest absolute Gasteiger partial charge is 0.504 e. The number of aromatic hydroxyl groups is 1. The van der Waals surface area contributed by atoms with Gasteiger partial charge in [-0.25, -0.2) is 4.98 Å². The molecule has 14 heavy (non-hydrogen) atoms. The van der Waals surface area contributed by atoms with Gasteiger partial charge in [-0.1, -0.05) is 6.07 Å². The van der Waals surface area contributed by atoms with Gasteiger partial charge in [-0.15, -0.1) is 0 Å². The highest BCUT2D eigenvalue weighted by molar-refractivity contribution is 5.42. The van der Waals surface area contributed by atoms with E-state index in [-0.39, 0.29) is 11.6 Å². The Balaban J connectivity index is 0.000000146. The Morgan fingerprint density at radius 3 is 2.00 bits per heavy atom. The van der Waals surface area contributed by atoms with Gasteiger partial charge in [0, 0.05) is 18.6 Å². The van der Waals surface area contributed by atoms with Gasteiger partial charge in [-0.2, -0.15) is 0 Å². The number of anilines is 1. The van der Waals surface area contributed by atoms with Gasteiger partial charge in [0.15, 0.2) is 11.6 Å². The summed E-state index contributed by atoms with van der Waals surface area (Å²) in [5.74, 6) is 0.208. The van der Waals surface area contributed by atoms with E-state index < -0.39 is 0 Å². The molecule has 0 fully saturated rings. The molecule has 4 nitrogen and oxygen atoms in total. The molecule has 3 N–H and O–H groups in total. The molecule has 2 heterocycles. The number of hydrogen-bond acceptors (Lipinski definition) is 4. The molecule has 2 rings (SSSR count). The van der Waals surface area contributed by atoms with Crippen molar-refractivity contribution in [3.8, 4) is 5.75 Å². The van der Waals surface area contributed by atoms with Gasteiger partial charge in [0.05, 0.1) is 0 Å². The standard InChI is InChI=1S/C5H6N2O.C5H5N/c6-5-4(8)2-1-3-7-5;1-2-4-6-5-3-1/h1-3,8H,(H2,6,7);1-5H. The molecule has 2 aromatic rings. The zero-order chi connectivity index (χ0) is 10.2. The minimum absolute atomic E-state index is 0.0347. The van der Waals surface area contributed by atoms with Crippen LogP contribution in [0.2, 0.25) is 0 Å². The van der Waals surface area contributed by atoms with Crippen LogP contribution in [0.5, 0.6) is 5.75 Å². The van der Waals surface area contributed by atoms with Gasteiger partial charge in [0.25, 0.3) is 0 Å². The van der Waals surface area contributed by atoms with E-state index in [9.17, 15) is 0 Å². The Morgan fingerprint density at radius 1 is 1.00 bits per heavy atom. The van der Waals surface area contributed by atoms with Gasteiger partial charge in [0.2, 0.25) is 0 Å². The van der Waals surface area contributed by atoms with Crippen molar-refractivity contribution in [2.45, 2.75) is 0 Å². The number of pyridine rings is 2. The first kappa shape index (κ1) is 9.98. The lowest BCUT2D eigenvalue weighted by atomic mass is 10.4. The smallest absolute Gasteiger partial charge is 0.165 e. The summed E-state index contributed by atoms with van der Waals surface area (Å²) in [6.07, 6.45) is 5.02. The quantitative estimate of drug-likeness (QED) is 0.658. The van der Waals surface area contributed by atoms with Crippen molar-refractivity contribution in [2.24, 2.45) is 0 Å². The molecular formula is C10H11N3O. The lowest BCUT2D eigenvalue weighted by Gasteiger charge is -1.91. The van der Waals surface area contributed by atoms with Crippen LogP contribution >= 0.6 is 0 Å². The van der Waals surface area contributed by atoms with E-state index in [4.69, 9.17) is 10.8 Å². The number of nitrogen functional groups attached to an aromatic ring is 1. The van der Waals surface area contributed by atoms with Gasteiger partial charge in [-0.05, 0) is 24.3 Å². The van der Waals surface area contributed by atoms with Gasteiger partial charge >= 0.3 is 0 Å². The summed E-state index contributed by atoms with van der Waals surface area (Å²) in [4.78, 5) is 7.39. The average Bonchev–Trinajstić information content (AvgIpc) is 2.26. The minimum atomic E-state index is 0.0347. The van der Waals surface area contributed by atoms with E-state index in [0.29, 0.717) is 0 Å². The molecular weight excluding hydrogens is 178 g/mol. The van der Waals surface area contributed by atoms with Crippen molar-refractivity contribution in [1.82, 2.24) is 9.97 Å². The van der Waals surface area contributed by atoms with Crippen LogP contribution in [0, 0.1) is 0 Å². The Bertz CT molecular complexity index is 317. The highest BCUT2D eigenvalue weighted by Gasteiger charge is 1.89. The van der Waals surface area contributed by atoms with Crippen molar-refractivity contribution in [3.63, 3.8) is 0 Å². The Hall–Kier alpha value is -2.10. The number of hydrogen-bond donors (Lipinski definition) is 2. The molecule has 0 aromatic carbocycles. The van der Waals surface area contributed by atoms with Crippen molar-refractivity contribution in [3.05, 3.63) is 48.9 Å². The lowest BCUT2D eigenvalue weighted by Crippen LogP contribution is -1.87. The first-order valence-electron chi connectivity index (χ1n) is 4.05. The Labute approximate surface area is 82.1 Å². The second kappa shape index (κ2) is 5.53. The van der Waals surface area contributed by atoms with E-state index in [1.165, 1.54) is 12.3 Å². The zero-order valence-electron chi connectivity index (χ0n) is 7.54. The van der Waals surface area contributed by atoms with Crippen LogP contribution in [0.4, 0.5) is 5.82 Å². The van der Waals surface area contributed by atoms with E-state index in [0.717, 1.165) is 0 Å². The van der Waals surface area contributed by atoms with Crippen LogP contribution < -0.4 is 5.73 Å². The van der Waals surface area contributed by atoms with E-state index in [1.54, 1.807) is 18.5 Å². The van der Waals surface area contributed by atoms with E-state index in [1.807, 2.05) is 18.2 Å². The third-order valence-electron chi connectivity index (χ3n) is 1.38. The fourth-order valence-electron chi connectivity index (χ4n) is 0.722. The second-order valence-corrected chi connectivity index (χ2v) is 2.43. The maximum atomic E-state index is 8.73. The van der Waals surface area contributed by atoms with Crippen LogP contribution in [0.15, 0.2) is 48.9 Å². The first-order chi connectivity index (χ1) is 6.80. The number of rotatable bonds is 0. The lowest BCUT2D eigenvalue weighted by molar-refractivity contribution is 0.476. The normalized spacial score (nSPS) is 8.57. The Kier molecular flexibility index (Phi) is 3.94. The number of aromatic nitrogens is 2. The highest BCUT2D eigenvalue weighted by atomic mass is 16.3. The number of nitrogens with zero attached hydrogens (tertiary/aromatic N) is 2. The summed E-state index contributed by atoms with van der Waals surface area (Å²) >= 11 is 0. The fraction of sp³-hybridized carbons (Fsp3) is 0. The van der Waals surface area contributed by atoms with Crippen molar-refractivity contribution >= 4 is 5.82 Å². The molecule has 0 aliphatic carbocycles. The highest BCUT2D eigenvalue weighted by Crippen LogP contribution is 2.12. The van der Waals surface area contributed by atoms with E-state index >= 15 is 0 Å². The summed E-state index contributed by atoms with van der Waals surface area (Å²) in [6.45, 7) is 0. The molecule has 0 aliphatic heterocycles. The van der Waals surface area contributed by atoms with Crippen LogP contribution in [0.3, 0.4) is 0 Å². The second-order valence-electron chi connectivity index (χ2n) is 2.43. The minimum Gasteiger partial charge on any atom is -0.504 e. The van der Waals surface area contributed by atoms with Crippen LogP contribution in [-0.2, 0) is 0 Å². The molecule has 0 saturated carbocycles. The maximum absolute atomic E-state index is 8.73. The van der Waals surface area contributed by atoms with Crippen molar-refractivity contribution in [2.75, 3.05) is 5.73 Å². The summed E-state index contributed by atoms with van der Waals surface area (Å²) in [5.41, 5.74) is 5.16. The molecule has 2 aromatic heterocycles. The third kappa shape index (κ3) is 3.53. The van der Waals surface area contributed by atoms with Crippen molar-refractivity contribution < 1.29 is 5.11 Å².